The van der Waals surface area contributed by atoms with Gasteiger partial charge in [-0.25, -0.2) is 4.68 Å². The van der Waals surface area contributed by atoms with Gasteiger partial charge in [0, 0.05) is 24.1 Å². The largest absolute Gasteiger partial charge is 0.354 e. The molecule has 23 heavy (non-hydrogen) atoms. The van der Waals surface area contributed by atoms with E-state index in [0.717, 1.165) is 18.5 Å². The molecule has 0 radical (unpaired) electrons. The molecule has 0 bridgehead atoms. The van der Waals surface area contributed by atoms with E-state index in [4.69, 9.17) is 0 Å². The first kappa shape index (κ1) is 14.4. The predicted octanol–water partition coefficient (Wildman–Crippen LogP) is 2.31. The molecule has 2 fully saturated rings. The Bertz CT molecular complexity index is 728. The van der Waals surface area contributed by atoms with Crippen LogP contribution in [0.4, 0.5) is 0 Å². The lowest BCUT2D eigenvalue weighted by molar-refractivity contribution is -0.122. The molecule has 1 aromatic carbocycles. The minimum absolute atomic E-state index is 0.0112. The molecule has 0 spiro atoms. The topological polar surface area (TPSA) is 59.8 Å². The number of nitrogens with one attached hydrogen (secondary N) is 1. The third-order valence-corrected chi connectivity index (χ3v) is 5.05. The average molecular weight is 310 g/mol. The van der Waals surface area contributed by atoms with Gasteiger partial charge >= 0.3 is 0 Å². The Balaban J connectivity index is 1.35. The van der Waals surface area contributed by atoms with Crippen LogP contribution in [-0.2, 0) is 16.8 Å². The summed E-state index contributed by atoms with van der Waals surface area (Å²) >= 11 is 0. The summed E-state index contributed by atoms with van der Waals surface area (Å²) in [6.07, 6.45) is 6.60. The van der Waals surface area contributed by atoms with Crippen molar-refractivity contribution in [2.45, 2.75) is 50.5 Å². The Hall–Kier alpha value is -2.17. The van der Waals surface area contributed by atoms with Crippen molar-refractivity contribution in [1.29, 1.82) is 0 Å². The molecule has 0 aliphatic heterocycles. The highest BCUT2D eigenvalue weighted by molar-refractivity contribution is 5.75. The second-order valence-corrected chi connectivity index (χ2v) is 6.99. The molecular weight excluding hydrogens is 288 g/mol. The van der Waals surface area contributed by atoms with Gasteiger partial charge in [0.15, 0.2) is 0 Å². The van der Waals surface area contributed by atoms with Crippen LogP contribution >= 0.6 is 0 Å². The molecule has 2 aliphatic carbocycles. The van der Waals surface area contributed by atoms with E-state index < -0.39 is 0 Å². The fourth-order valence-electron chi connectivity index (χ4n) is 3.29. The van der Waals surface area contributed by atoms with Gasteiger partial charge in [-0.1, -0.05) is 29.5 Å². The van der Waals surface area contributed by atoms with Crippen molar-refractivity contribution in [3.05, 3.63) is 47.3 Å². The van der Waals surface area contributed by atoms with Crippen LogP contribution in [0.2, 0.25) is 0 Å². The Kier molecular flexibility index (Phi) is 3.43. The highest BCUT2D eigenvalue weighted by Gasteiger charge is 2.45. The average Bonchev–Trinajstić information content (AvgIpc) is 3.47. The quantitative estimate of drug-likeness (QED) is 0.890. The number of amides is 1. The maximum atomic E-state index is 12.2. The van der Waals surface area contributed by atoms with E-state index in [1.807, 2.05) is 6.20 Å². The van der Waals surface area contributed by atoms with Crippen LogP contribution < -0.4 is 5.32 Å². The summed E-state index contributed by atoms with van der Waals surface area (Å²) in [5.41, 5.74) is 3.85. The van der Waals surface area contributed by atoms with Crippen molar-refractivity contribution >= 4 is 5.91 Å². The zero-order valence-electron chi connectivity index (χ0n) is 13.5. The maximum Gasteiger partial charge on any atom is 0.241 e. The van der Waals surface area contributed by atoms with Crippen molar-refractivity contribution in [1.82, 2.24) is 20.3 Å². The van der Waals surface area contributed by atoms with E-state index in [1.165, 1.54) is 24.0 Å². The summed E-state index contributed by atoms with van der Waals surface area (Å²) in [5, 5.41) is 11.3. The number of carbonyl (C=O) groups is 1. The van der Waals surface area contributed by atoms with E-state index >= 15 is 0 Å². The van der Waals surface area contributed by atoms with Crippen LogP contribution in [0.5, 0.6) is 0 Å². The number of carbonyl (C=O) groups excluding carboxylic acids is 1. The SMILES string of the molecule is Cc1ccccc1C1(CNC(=O)Cn2cc(C3CC3)nn2)CC1. The number of hydrogen-bond donors (Lipinski definition) is 1. The molecule has 4 rings (SSSR count). The molecule has 120 valence electrons. The maximum absolute atomic E-state index is 12.2. The Morgan fingerprint density at radius 2 is 2.13 bits per heavy atom. The van der Waals surface area contributed by atoms with Gasteiger partial charge in [-0.3, -0.25) is 4.79 Å². The zero-order valence-corrected chi connectivity index (χ0v) is 13.5. The molecule has 5 heteroatoms. The molecule has 2 aromatic rings. The number of aryl methyl sites for hydroxylation is 1. The zero-order chi connectivity index (χ0) is 15.9. The first-order valence-electron chi connectivity index (χ1n) is 8.39. The lowest BCUT2D eigenvalue weighted by atomic mass is 9.92. The second kappa shape index (κ2) is 5.48. The summed E-state index contributed by atoms with van der Waals surface area (Å²) in [4.78, 5) is 12.2. The molecule has 1 amide bonds. The van der Waals surface area contributed by atoms with Crippen molar-refractivity contribution in [3.8, 4) is 0 Å². The highest BCUT2D eigenvalue weighted by Crippen LogP contribution is 2.48. The van der Waals surface area contributed by atoms with Gasteiger partial charge in [-0.05, 0) is 43.7 Å². The predicted molar refractivity (Wildman–Crippen MR) is 87.1 cm³/mol. The van der Waals surface area contributed by atoms with E-state index in [-0.39, 0.29) is 17.9 Å². The van der Waals surface area contributed by atoms with Crippen LogP contribution in [0.25, 0.3) is 0 Å². The van der Waals surface area contributed by atoms with Crippen LogP contribution in [0.1, 0.15) is 48.4 Å². The van der Waals surface area contributed by atoms with E-state index in [9.17, 15) is 4.79 Å². The van der Waals surface area contributed by atoms with Gasteiger partial charge in [0.2, 0.25) is 5.91 Å². The lowest BCUT2D eigenvalue weighted by Gasteiger charge is -2.18. The molecule has 2 aliphatic rings. The van der Waals surface area contributed by atoms with Crippen molar-refractivity contribution < 1.29 is 4.79 Å². The summed E-state index contributed by atoms with van der Waals surface area (Å²) < 4.78 is 1.65. The first-order valence-corrected chi connectivity index (χ1v) is 8.39. The third kappa shape index (κ3) is 3.00. The third-order valence-electron chi connectivity index (χ3n) is 5.05. The number of rotatable bonds is 6. The molecule has 1 aromatic heterocycles. The van der Waals surface area contributed by atoms with E-state index in [2.05, 4.69) is 46.8 Å². The fourth-order valence-corrected chi connectivity index (χ4v) is 3.29. The van der Waals surface area contributed by atoms with Crippen molar-refractivity contribution in [3.63, 3.8) is 0 Å². The molecule has 0 unspecified atom stereocenters. The monoisotopic (exact) mass is 310 g/mol. The Morgan fingerprint density at radius 3 is 2.83 bits per heavy atom. The first-order chi connectivity index (χ1) is 11.2. The molecular formula is C18H22N4O. The van der Waals surface area contributed by atoms with Gasteiger partial charge in [0.25, 0.3) is 0 Å². The van der Waals surface area contributed by atoms with Crippen molar-refractivity contribution in [2.24, 2.45) is 0 Å². The van der Waals surface area contributed by atoms with E-state index in [1.54, 1.807) is 4.68 Å². The molecule has 2 saturated carbocycles. The highest BCUT2D eigenvalue weighted by atomic mass is 16.2. The van der Waals surface area contributed by atoms with Crippen molar-refractivity contribution in [2.75, 3.05) is 6.54 Å². The summed E-state index contributed by atoms with van der Waals surface area (Å²) in [5.74, 6) is 0.583. The standard InChI is InChI=1S/C18H22N4O/c1-13-4-2-3-5-15(13)18(8-9-18)12-19-17(23)11-22-10-16(20-21-22)14-6-7-14/h2-5,10,14H,6-9,11-12H2,1H3,(H,19,23). The van der Waals surface area contributed by atoms with Crippen LogP contribution in [-0.4, -0.2) is 27.4 Å². The van der Waals surface area contributed by atoms with Gasteiger partial charge in [-0.15, -0.1) is 5.10 Å². The summed E-state index contributed by atoms with van der Waals surface area (Å²) in [6, 6.07) is 8.48. The number of aromatic nitrogens is 3. The molecule has 5 nitrogen and oxygen atoms in total. The summed E-state index contributed by atoms with van der Waals surface area (Å²) in [7, 11) is 0. The fraction of sp³-hybridized carbons (Fsp3) is 0.500. The minimum Gasteiger partial charge on any atom is -0.354 e. The molecule has 1 heterocycles. The molecule has 0 saturated heterocycles. The number of hydrogen-bond acceptors (Lipinski definition) is 3. The van der Waals surface area contributed by atoms with Gasteiger partial charge in [0.1, 0.15) is 6.54 Å². The summed E-state index contributed by atoms with van der Waals surface area (Å²) in [6.45, 7) is 3.11. The number of benzene rings is 1. The Morgan fingerprint density at radius 1 is 1.35 bits per heavy atom. The van der Waals surface area contributed by atoms with Crippen LogP contribution in [0.15, 0.2) is 30.5 Å². The lowest BCUT2D eigenvalue weighted by Crippen LogP contribution is -2.35. The second-order valence-electron chi connectivity index (χ2n) is 6.99. The molecule has 1 N–H and O–H groups in total. The normalized spacial score (nSPS) is 18.7. The number of nitrogens with zero attached hydrogens (tertiary/aromatic N) is 3. The van der Waals surface area contributed by atoms with E-state index in [0.29, 0.717) is 12.5 Å². The van der Waals surface area contributed by atoms with Gasteiger partial charge in [-0.2, -0.15) is 0 Å². The minimum atomic E-state index is 0.0112. The molecule has 0 atom stereocenters. The van der Waals surface area contributed by atoms with Crippen LogP contribution in [0, 0.1) is 6.92 Å². The Labute approximate surface area is 136 Å². The smallest absolute Gasteiger partial charge is 0.241 e. The van der Waals surface area contributed by atoms with Gasteiger partial charge in [0.05, 0.1) is 5.69 Å². The van der Waals surface area contributed by atoms with Gasteiger partial charge < -0.3 is 5.32 Å². The van der Waals surface area contributed by atoms with Crippen LogP contribution in [0.3, 0.4) is 0 Å².